The number of anilines is 2. The zero-order chi connectivity index (χ0) is 26.2. The Bertz CT molecular complexity index is 928. The van der Waals surface area contributed by atoms with E-state index in [9.17, 15) is 14.4 Å². The summed E-state index contributed by atoms with van der Waals surface area (Å²) < 4.78 is 0. The van der Waals surface area contributed by atoms with Crippen molar-refractivity contribution in [1.82, 2.24) is 10.2 Å². The van der Waals surface area contributed by atoms with Crippen molar-refractivity contribution in [2.45, 2.75) is 52.5 Å². The molecule has 5 atom stereocenters. The number of nitrogens with zero attached hydrogens (tertiary/aromatic N) is 2. The van der Waals surface area contributed by atoms with Gasteiger partial charge < -0.3 is 25.5 Å². The van der Waals surface area contributed by atoms with Gasteiger partial charge in [0.15, 0.2) is 0 Å². The number of amides is 3. The lowest BCUT2D eigenvalue weighted by molar-refractivity contribution is -0.140. The molecule has 0 spiro atoms. The number of allylic oxidation sites excluding steroid dienone is 1. The van der Waals surface area contributed by atoms with E-state index in [2.05, 4.69) is 29.4 Å². The summed E-state index contributed by atoms with van der Waals surface area (Å²) in [7, 11) is 1.59. The first-order valence-corrected chi connectivity index (χ1v) is 13.3. The topological polar surface area (TPSA) is 102 Å². The fraction of sp³-hybridized carbons (Fsp3) is 0.607. The van der Waals surface area contributed by atoms with Crippen molar-refractivity contribution >= 4 is 29.1 Å². The molecule has 3 amide bonds. The maximum atomic E-state index is 13.7. The van der Waals surface area contributed by atoms with Gasteiger partial charge in [0.25, 0.3) is 0 Å². The Balaban J connectivity index is 1.84. The fourth-order valence-electron chi connectivity index (χ4n) is 5.71. The predicted molar refractivity (Wildman–Crippen MR) is 143 cm³/mol. The smallest absolute Gasteiger partial charge is 0.247 e. The van der Waals surface area contributed by atoms with Crippen LogP contribution in [0, 0.1) is 23.7 Å². The highest BCUT2D eigenvalue weighted by molar-refractivity contribution is 6.02. The number of rotatable bonds is 12. The van der Waals surface area contributed by atoms with Gasteiger partial charge in [-0.25, -0.2) is 0 Å². The third-order valence-electron chi connectivity index (χ3n) is 7.66. The summed E-state index contributed by atoms with van der Waals surface area (Å²) in [6, 6.07) is 7.11. The number of hydrogen-bond donors (Lipinski definition) is 3. The van der Waals surface area contributed by atoms with Crippen LogP contribution in [0.3, 0.4) is 0 Å². The van der Waals surface area contributed by atoms with Crippen LogP contribution < -0.4 is 15.5 Å². The quantitative estimate of drug-likeness (QED) is 0.304. The second-order valence-corrected chi connectivity index (χ2v) is 9.81. The molecule has 8 nitrogen and oxygen atoms in total. The van der Waals surface area contributed by atoms with Crippen LogP contribution >= 0.6 is 0 Å². The maximum Gasteiger partial charge on any atom is 0.247 e. The van der Waals surface area contributed by atoms with Crippen molar-refractivity contribution < 1.29 is 19.5 Å². The second kappa shape index (κ2) is 12.9. The number of fused-ring (bicyclic) bond motifs is 1. The summed E-state index contributed by atoms with van der Waals surface area (Å²) in [4.78, 5) is 44.0. The lowest BCUT2D eigenvalue weighted by Crippen LogP contribution is -2.45. The number of aliphatic hydroxyl groups is 1. The van der Waals surface area contributed by atoms with E-state index >= 15 is 0 Å². The van der Waals surface area contributed by atoms with Gasteiger partial charge in [-0.2, -0.15) is 0 Å². The third-order valence-corrected chi connectivity index (χ3v) is 7.66. The molecule has 1 aromatic carbocycles. The van der Waals surface area contributed by atoms with Crippen LogP contribution in [0.1, 0.15) is 46.5 Å². The molecule has 0 saturated carbocycles. The number of benzene rings is 1. The largest absolute Gasteiger partial charge is 0.396 e. The Hall–Kier alpha value is -2.87. The molecule has 1 aromatic rings. The van der Waals surface area contributed by atoms with Gasteiger partial charge in [0.05, 0.1) is 11.8 Å². The van der Waals surface area contributed by atoms with Crippen LogP contribution in [-0.2, 0) is 14.4 Å². The molecule has 36 heavy (non-hydrogen) atoms. The van der Waals surface area contributed by atoms with Crippen molar-refractivity contribution in [1.29, 1.82) is 0 Å². The molecule has 8 heteroatoms. The Morgan fingerprint density at radius 3 is 2.28 bits per heavy atom. The Morgan fingerprint density at radius 1 is 1.00 bits per heavy atom. The Morgan fingerprint density at radius 2 is 1.67 bits per heavy atom. The number of aliphatic hydroxyl groups excluding tert-OH is 1. The van der Waals surface area contributed by atoms with Crippen molar-refractivity contribution in [3.05, 3.63) is 36.4 Å². The van der Waals surface area contributed by atoms with Crippen LogP contribution in [0.2, 0.25) is 0 Å². The van der Waals surface area contributed by atoms with Crippen molar-refractivity contribution in [3.63, 3.8) is 0 Å². The van der Waals surface area contributed by atoms with Gasteiger partial charge in [-0.05, 0) is 56.9 Å². The first-order chi connectivity index (χ1) is 17.4. The summed E-state index contributed by atoms with van der Waals surface area (Å²) in [6.07, 6.45) is 7.15. The molecule has 1 fully saturated rings. The number of hydrogen-bond acceptors (Lipinski definition) is 5. The molecule has 2 aliphatic rings. The number of likely N-dealkylation sites (tertiary alicyclic amines) is 1. The highest BCUT2D eigenvalue weighted by Crippen LogP contribution is 2.44. The van der Waals surface area contributed by atoms with E-state index in [-0.39, 0.29) is 36.2 Å². The molecule has 3 N–H and O–H groups in total. The molecule has 3 rings (SSSR count). The van der Waals surface area contributed by atoms with E-state index in [4.69, 9.17) is 5.11 Å². The van der Waals surface area contributed by atoms with Crippen molar-refractivity contribution in [2.24, 2.45) is 23.7 Å². The molecule has 1 aliphatic heterocycles. The molecule has 198 valence electrons. The summed E-state index contributed by atoms with van der Waals surface area (Å²) in [5, 5.41) is 14.8. The SMILES string of the molecule is CCN(CC)c1ccc(NC(=O)[C@@H]2[C@H]3C=C[C@@H](C)[C@@H](C(=O)NC)[C@H]3C(=O)N2CCCCCCO)cc1. The number of carbonyl (C=O) groups is 3. The van der Waals surface area contributed by atoms with E-state index in [0.717, 1.165) is 44.5 Å². The first-order valence-electron chi connectivity index (χ1n) is 13.3. The van der Waals surface area contributed by atoms with Gasteiger partial charge in [-0.15, -0.1) is 0 Å². The van der Waals surface area contributed by atoms with Gasteiger partial charge in [0.1, 0.15) is 6.04 Å². The maximum absolute atomic E-state index is 13.7. The molecule has 0 bridgehead atoms. The van der Waals surface area contributed by atoms with E-state index < -0.39 is 17.9 Å². The highest BCUT2D eigenvalue weighted by Gasteiger charge is 2.56. The zero-order valence-electron chi connectivity index (χ0n) is 22.1. The van der Waals surface area contributed by atoms with Crippen molar-refractivity contribution in [3.8, 4) is 0 Å². The van der Waals surface area contributed by atoms with E-state index in [1.54, 1.807) is 11.9 Å². The van der Waals surface area contributed by atoms with Crippen LogP contribution in [-0.4, -0.2) is 67.1 Å². The Labute approximate surface area is 215 Å². The summed E-state index contributed by atoms with van der Waals surface area (Å²) in [5.41, 5.74) is 1.78. The highest BCUT2D eigenvalue weighted by atomic mass is 16.3. The zero-order valence-corrected chi connectivity index (χ0v) is 22.1. The summed E-state index contributed by atoms with van der Waals surface area (Å²) in [6.45, 7) is 8.58. The molecule has 1 heterocycles. The minimum absolute atomic E-state index is 0.0870. The average Bonchev–Trinajstić information content (AvgIpc) is 3.16. The van der Waals surface area contributed by atoms with Gasteiger partial charge >= 0.3 is 0 Å². The normalized spacial score (nSPS) is 25.0. The Kier molecular flexibility index (Phi) is 9.93. The van der Waals surface area contributed by atoms with Crippen LogP contribution in [0.15, 0.2) is 36.4 Å². The lowest BCUT2D eigenvalue weighted by Gasteiger charge is -2.32. The van der Waals surface area contributed by atoms with Gasteiger partial charge in [0, 0.05) is 50.6 Å². The molecular formula is C28H42N4O4. The standard InChI is InChI=1S/C28H42N4O4/c1-5-31(6-2)21-14-12-20(13-15-21)30-27(35)25-22-16-11-19(3)23(26(34)29-4)24(22)28(36)32(25)17-9-7-8-10-18-33/h11-16,19,22-25,33H,5-10,17-18H2,1-4H3,(H,29,34)(H,30,35)/t19-,22+,23-,24+,25+/m1/s1. The summed E-state index contributed by atoms with van der Waals surface area (Å²) >= 11 is 0. The average molecular weight is 499 g/mol. The van der Waals surface area contributed by atoms with Gasteiger partial charge in [-0.1, -0.05) is 31.9 Å². The van der Waals surface area contributed by atoms with E-state index in [0.29, 0.717) is 12.2 Å². The first kappa shape index (κ1) is 27.7. The van der Waals surface area contributed by atoms with Crippen LogP contribution in [0.5, 0.6) is 0 Å². The molecule has 1 saturated heterocycles. The van der Waals surface area contributed by atoms with E-state index in [1.807, 2.05) is 43.3 Å². The van der Waals surface area contributed by atoms with Gasteiger partial charge in [-0.3, -0.25) is 14.4 Å². The van der Waals surface area contributed by atoms with Crippen molar-refractivity contribution in [2.75, 3.05) is 43.5 Å². The van der Waals surface area contributed by atoms with E-state index in [1.165, 1.54) is 0 Å². The molecule has 0 radical (unpaired) electrons. The monoisotopic (exact) mass is 498 g/mol. The number of nitrogens with one attached hydrogen (secondary N) is 2. The fourth-order valence-corrected chi connectivity index (χ4v) is 5.71. The molecule has 0 unspecified atom stereocenters. The third kappa shape index (κ3) is 5.91. The minimum atomic E-state index is -0.668. The predicted octanol–water partition coefficient (Wildman–Crippen LogP) is 3.04. The molecule has 0 aromatic heterocycles. The lowest BCUT2D eigenvalue weighted by atomic mass is 9.70. The molecular weight excluding hydrogens is 456 g/mol. The minimum Gasteiger partial charge on any atom is -0.396 e. The van der Waals surface area contributed by atoms with Crippen LogP contribution in [0.4, 0.5) is 11.4 Å². The number of unbranched alkanes of at least 4 members (excludes halogenated alkanes) is 3. The van der Waals surface area contributed by atoms with Gasteiger partial charge in [0.2, 0.25) is 17.7 Å². The molecule has 1 aliphatic carbocycles. The summed E-state index contributed by atoms with van der Waals surface area (Å²) in [5.74, 6) is -2.00. The number of carbonyl (C=O) groups excluding carboxylic acids is 3. The second-order valence-electron chi connectivity index (χ2n) is 9.81. The van der Waals surface area contributed by atoms with Crippen LogP contribution in [0.25, 0.3) is 0 Å².